The minimum atomic E-state index is -0.729. The summed E-state index contributed by atoms with van der Waals surface area (Å²) in [5, 5.41) is 11.3. The highest BCUT2D eigenvalue weighted by molar-refractivity contribution is 6.46. The molecule has 2 aromatic rings. The highest BCUT2D eigenvalue weighted by atomic mass is 16.5. The summed E-state index contributed by atoms with van der Waals surface area (Å²) in [6.45, 7) is 0.922. The second-order valence-electron chi connectivity index (χ2n) is 7.24. The van der Waals surface area contributed by atoms with Gasteiger partial charge in [-0.15, -0.1) is 0 Å². The topological polar surface area (TPSA) is 79.3 Å². The molecule has 3 rings (SSSR count). The molecule has 1 aliphatic rings. The Morgan fingerprint density at radius 3 is 2.13 bits per heavy atom. The first-order valence-corrected chi connectivity index (χ1v) is 9.60. The first-order chi connectivity index (χ1) is 14.4. The molecule has 1 N–H and O–H groups in total. The number of likely N-dealkylation sites (N-methyl/N-ethyl adjacent to an activating group) is 1. The highest BCUT2D eigenvalue weighted by Gasteiger charge is 2.46. The summed E-state index contributed by atoms with van der Waals surface area (Å²) in [4.78, 5) is 29.4. The number of likely N-dealkylation sites (tertiary alicyclic amines) is 1. The van der Waals surface area contributed by atoms with Gasteiger partial charge in [-0.1, -0.05) is 36.4 Å². The Bertz CT molecular complexity index is 947. The molecule has 1 heterocycles. The molecule has 7 nitrogen and oxygen atoms in total. The van der Waals surface area contributed by atoms with Crippen LogP contribution in [0.1, 0.15) is 17.2 Å². The third kappa shape index (κ3) is 3.89. The number of hydrogen-bond acceptors (Lipinski definition) is 6. The standard InChI is InChI=1S/C23H26N2O5/c1-24(2)13-14-25-20(15-9-6-5-7-10-15)19(22(27)23(25)28)21(26)18-16(29-3)11-8-12-17(18)30-4/h5-12,20,26H,13-14H2,1-4H3/b21-19+. The first kappa shape index (κ1) is 21.4. The maximum atomic E-state index is 13.1. The zero-order chi connectivity index (χ0) is 21.8. The van der Waals surface area contributed by atoms with Crippen molar-refractivity contribution < 1.29 is 24.2 Å². The van der Waals surface area contributed by atoms with Gasteiger partial charge in [0, 0.05) is 13.1 Å². The molecule has 1 saturated heterocycles. The van der Waals surface area contributed by atoms with Gasteiger partial charge < -0.3 is 24.4 Å². The molecular formula is C23H26N2O5. The number of carbonyl (C=O) groups is 2. The van der Waals surface area contributed by atoms with Gasteiger partial charge in [-0.2, -0.15) is 0 Å². The molecule has 1 unspecified atom stereocenters. The Labute approximate surface area is 176 Å². The lowest BCUT2D eigenvalue weighted by molar-refractivity contribution is -0.140. The van der Waals surface area contributed by atoms with Crippen LogP contribution in [-0.2, 0) is 9.59 Å². The molecule has 0 radical (unpaired) electrons. The van der Waals surface area contributed by atoms with Crippen molar-refractivity contribution in [3.63, 3.8) is 0 Å². The van der Waals surface area contributed by atoms with Crippen molar-refractivity contribution in [2.45, 2.75) is 6.04 Å². The van der Waals surface area contributed by atoms with Crippen molar-refractivity contribution in [1.29, 1.82) is 0 Å². The molecule has 7 heteroatoms. The zero-order valence-electron chi connectivity index (χ0n) is 17.6. The van der Waals surface area contributed by atoms with Crippen molar-refractivity contribution in [1.82, 2.24) is 9.80 Å². The molecule has 30 heavy (non-hydrogen) atoms. The van der Waals surface area contributed by atoms with Crippen LogP contribution < -0.4 is 9.47 Å². The largest absolute Gasteiger partial charge is 0.506 e. The maximum Gasteiger partial charge on any atom is 0.295 e. The second kappa shape index (κ2) is 9.00. The summed E-state index contributed by atoms with van der Waals surface area (Å²) < 4.78 is 10.8. The first-order valence-electron chi connectivity index (χ1n) is 9.60. The van der Waals surface area contributed by atoms with Crippen LogP contribution in [0.3, 0.4) is 0 Å². The van der Waals surface area contributed by atoms with E-state index in [1.807, 2.05) is 49.3 Å². The van der Waals surface area contributed by atoms with Gasteiger partial charge in [0.2, 0.25) is 0 Å². The normalized spacial score (nSPS) is 18.2. The fourth-order valence-corrected chi connectivity index (χ4v) is 3.62. The van der Waals surface area contributed by atoms with Crippen LogP contribution in [0.5, 0.6) is 11.5 Å². The summed E-state index contributed by atoms with van der Waals surface area (Å²) in [5.41, 5.74) is 1.01. The summed E-state index contributed by atoms with van der Waals surface area (Å²) >= 11 is 0. The fraction of sp³-hybridized carbons (Fsp3) is 0.304. The van der Waals surface area contributed by atoms with E-state index >= 15 is 0 Å². The Kier molecular flexibility index (Phi) is 6.42. The average Bonchev–Trinajstić information content (AvgIpc) is 3.01. The average molecular weight is 410 g/mol. The number of aliphatic hydroxyl groups is 1. The van der Waals surface area contributed by atoms with E-state index < -0.39 is 17.7 Å². The van der Waals surface area contributed by atoms with E-state index in [4.69, 9.17) is 9.47 Å². The predicted molar refractivity (Wildman–Crippen MR) is 114 cm³/mol. The van der Waals surface area contributed by atoms with Gasteiger partial charge >= 0.3 is 0 Å². The van der Waals surface area contributed by atoms with Crippen LogP contribution in [0.25, 0.3) is 5.76 Å². The van der Waals surface area contributed by atoms with Crippen molar-refractivity contribution >= 4 is 17.4 Å². The zero-order valence-corrected chi connectivity index (χ0v) is 17.6. The number of nitrogens with zero attached hydrogens (tertiary/aromatic N) is 2. The number of aliphatic hydroxyl groups excluding tert-OH is 1. The van der Waals surface area contributed by atoms with Gasteiger partial charge in [0.1, 0.15) is 22.8 Å². The predicted octanol–water partition coefficient (Wildman–Crippen LogP) is 2.69. The van der Waals surface area contributed by atoms with Gasteiger partial charge in [0.05, 0.1) is 25.8 Å². The molecule has 2 aromatic carbocycles. The number of rotatable bonds is 7. The van der Waals surface area contributed by atoms with Gasteiger partial charge in [-0.25, -0.2) is 0 Å². The molecule has 1 fully saturated rings. The van der Waals surface area contributed by atoms with E-state index in [1.165, 1.54) is 19.1 Å². The lowest BCUT2D eigenvalue weighted by Crippen LogP contribution is -2.35. The lowest BCUT2D eigenvalue weighted by Gasteiger charge is -2.26. The second-order valence-corrected chi connectivity index (χ2v) is 7.24. The Hall–Kier alpha value is -3.32. The number of ketones is 1. The molecule has 1 amide bonds. The van der Waals surface area contributed by atoms with Crippen molar-refractivity contribution in [3.8, 4) is 11.5 Å². The number of Topliss-reactive ketones (excluding diaryl/α,β-unsaturated/α-hetero) is 1. The summed E-state index contributed by atoms with van der Waals surface area (Å²) in [6.07, 6.45) is 0. The van der Waals surface area contributed by atoms with Crippen LogP contribution in [-0.4, -0.2) is 68.0 Å². The molecule has 0 saturated carbocycles. The summed E-state index contributed by atoms with van der Waals surface area (Å²) in [5.74, 6) is -0.991. The SMILES string of the molecule is COc1cccc(OC)c1/C(O)=C1\C(=O)C(=O)N(CCN(C)C)C1c1ccccc1. The van der Waals surface area contributed by atoms with Crippen molar-refractivity contribution in [2.24, 2.45) is 0 Å². The molecule has 1 aliphatic heterocycles. The number of benzene rings is 2. The van der Waals surface area contributed by atoms with Gasteiger partial charge in [0.15, 0.2) is 0 Å². The van der Waals surface area contributed by atoms with Crippen LogP contribution >= 0.6 is 0 Å². The smallest absolute Gasteiger partial charge is 0.295 e. The Balaban J connectivity index is 2.23. The van der Waals surface area contributed by atoms with E-state index in [0.29, 0.717) is 24.6 Å². The molecule has 0 bridgehead atoms. The molecular weight excluding hydrogens is 384 g/mol. The highest BCUT2D eigenvalue weighted by Crippen LogP contribution is 2.43. The number of ether oxygens (including phenoxy) is 2. The Morgan fingerprint density at radius 1 is 1.00 bits per heavy atom. The van der Waals surface area contributed by atoms with E-state index in [-0.39, 0.29) is 16.9 Å². The van der Waals surface area contributed by atoms with Crippen LogP contribution in [0, 0.1) is 0 Å². The summed E-state index contributed by atoms with van der Waals surface area (Å²) in [6, 6.07) is 13.6. The third-order valence-electron chi connectivity index (χ3n) is 5.11. The molecule has 1 atom stereocenters. The number of amides is 1. The van der Waals surface area contributed by atoms with Crippen molar-refractivity contribution in [2.75, 3.05) is 41.4 Å². The number of hydrogen-bond donors (Lipinski definition) is 1. The van der Waals surface area contributed by atoms with E-state index in [9.17, 15) is 14.7 Å². The number of carbonyl (C=O) groups excluding carboxylic acids is 2. The monoisotopic (exact) mass is 410 g/mol. The minimum Gasteiger partial charge on any atom is -0.506 e. The van der Waals surface area contributed by atoms with Crippen LogP contribution in [0.4, 0.5) is 0 Å². The third-order valence-corrected chi connectivity index (χ3v) is 5.11. The van der Waals surface area contributed by atoms with Crippen molar-refractivity contribution in [3.05, 3.63) is 65.2 Å². The molecule has 0 aromatic heterocycles. The quantitative estimate of drug-likeness (QED) is 0.430. The fourth-order valence-electron chi connectivity index (χ4n) is 3.62. The maximum absolute atomic E-state index is 13.1. The summed E-state index contributed by atoms with van der Waals surface area (Å²) in [7, 11) is 6.73. The number of methoxy groups -OCH3 is 2. The molecule has 0 spiro atoms. The van der Waals surface area contributed by atoms with Crippen LogP contribution in [0.2, 0.25) is 0 Å². The lowest BCUT2D eigenvalue weighted by atomic mass is 9.94. The van der Waals surface area contributed by atoms with Gasteiger partial charge in [-0.05, 0) is 31.8 Å². The minimum absolute atomic E-state index is 0.0211. The van der Waals surface area contributed by atoms with E-state index in [0.717, 1.165) is 5.56 Å². The Morgan fingerprint density at radius 2 is 1.60 bits per heavy atom. The van der Waals surface area contributed by atoms with E-state index in [2.05, 4.69) is 0 Å². The molecule has 0 aliphatic carbocycles. The van der Waals surface area contributed by atoms with Gasteiger partial charge in [0.25, 0.3) is 11.7 Å². The van der Waals surface area contributed by atoms with E-state index in [1.54, 1.807) is 18.2 Å². The van der Waals surface area contributed by atoms with Crippen LogP contribution in [0.15, 0.2) is 54.1 Å². The molecule has 158 valence electrons. The van der Waals surface area contributed by atoms with Gasteiger partial charge in [-0.3, -0.25) is 9.59 Å².